The monoisotopic (exact) mass is 1140 g/mol. The van der Waals surface area contributed by atoms with Crippen LogP contribution in [0.3, 0.4) is 0 Å². The molecule has 2 aliphatic rings. The zero-order valence-corrected chi connectivity index (χ0v) is 47.8. The van der Waals surface area contributed by atoms with Crippen molar-refractivity contribution in [2.24, 2.45) is 0 Å². The predicted octanol–water partition coefficient (Wildman–Crippen LogP) is 14.2. The van der Waals surface area contributed by atoms with Crippen molar-refractivity contribution < 1.29 is 47.7 Å². The molecule has 16 nitrogen and oxygen atoms in total. The minimum absolute atomic E-state index is 0.0398. The summed E-state index contributed by atoms with van der Waals surface area (Å²) in [5.74, 6) is -2.09. The van der Waals surface area contributed by atoms with Gasteiger partial charge in [-0.2, -0.15) is 0 Å². The first-order valence-electron chi connectivity index (χ1n) is 28.1. The third-order valence-electron chi connectivity index (χ3n) is 15.8. The number of ether oxygens (including phenoxy) is 4. The van der Waals surface area contributed by atoms with E-state index in [1.807, 2.05) is 76.2 Å². The van der Waals surface area contributed by atoms with Crippen LogP contribution in [-0.4, -0.2) is 81.4 Å². The molecule has 11 aromatic rings. The van der Waals surface area contributed by atoms with Gasteiger partial charge in [0.05, 0.1) is 22.3 Å². The fourth-order valence-electron chi connectivity index (χ4n) is 11.6. The normalized spacial score (nSPS) is 12.9. The summed E-state index contributed by atoms with van der Waals surface area (Å²) in [6.07, 6.45) is 6.24. The third kappa shape index (κ3) is 9.37. The van der Waals surface area contributed by atoms with Gasteiger partial charge in [-0.05, 0) is 139 Å². The van der Waals surface area contributed by atoms with Gasteiger partial charge in [-0.3, -0.25) is 48.5 Å². The Morgan fingerprint density at radius 2 is 0.605 bits per heavy atom. The van der Waals surface area contributed by atoms with E-state index >= 15 is 19.2 Å². The van der Waals surface area contributed by atoms with Crippen molar-refractivity contribution in [3.05, 3.63) is 215 Å². The molecule has 0 atom stereocenters. The smallest absolute Gasteiger partial charge is 0.262 e. The number of aromatic nitrogens is 2. The second kappa shape index (κ2) is 21.6. The first-order valence-corrected chi connectivity index (χ1v) is 28.1. The van der Waals surface area contributed by atoms with Crippen LogP contribution in [0.25, 0.3) is 43.1 Å². The van der Waals surface area contributed by atoms with E-state index in [9.17, 15) is 9.59 Å². The van der Waals surface area contributed by atoms with Gasteiger partial charge in [-0.15, -0.1) is 0 Å². The van der Waals surface area contributed by atoms with Crippen LogP contribution in [0.5, 0.6) is 46.0 Å². The quantitative estimate of drug-likeness (QED) is 0.0509. The number of hydrogen-bond acceptors (Lipinski definition) is 12. The number of likely N-dealkylation sites (N-methyl/N-ethyl adjacent to an activating group) is 2. The Morgan fingerprint density at radius 3 is 0.837 bits per heavy atom. The van der Waals surface area contributed by atoms with Gasteiger partial charge in [0.25, 0.3) is 23.6 Å². The van der Waals surface area contributed by atoms with Crippen molar-refractivity contribution in [2.75, 3.05) is 36.0 Å². The molecule has 0 spiro atoms. The fourth-order valence-corrected chi connectivity index (χ4v) is 11.6. The van der Waals surface area contributed by atoms with Crippen molar-refractivity contribution >= 4 is 89.9 Å². The standard InChI is InChI=1S/C70H54N6O10/c1-7-73(43-25-29-71-30-26-43)57(77)37-75-67(79)49-33-53(83-45-17-9-39(3)10-18-45)61-63-55(85-47-21-13-41(5)14-22-47)35-51-60-52(70(82)76(69(51)81)38-58(78)74(8-2)44-27-31-72-32-28-44)36-56(86-48-23-15-42(6)16-24-48)64(66(60)63)62-54(84-46-19-11-40(4)12-20-46)34-50(68(75)80)59(49)65(61)62/h9-36H,7-8,37-38H2,1-6H3. The number of benzene rings is 9. The maximum absolute atomic E-state index is 15.6. The molecule has 0 N–H and O–H groups in total. The molecule has 0 fully saturated rings. The molecule has 0 bridgehead atoms. The molecule has 4 heterocycles. The molecule has 0 radical (unpaired) electrons. The highest BCUT2D eigenvalue weighted by Crippen LogP contribution is 2.58. The Balaban J connectivity index is 1.17. The zero-order valence-electron chi connectivity index (χ0n) is 47.8. The van der Waals surface area contributed by atoms with Crippen molar-refractivity contribution in [1.29, 1.82) is 0 Å². The second-order valence-corrected chi connectivity index (χ2v) is 21.4. The molecule has 0 saturated carbocycles. The minimum atomic E-state index is -0.764. The maximum atomic E-state index is 15.6. The Labute approximate surface area is 493 Å². The average molecular weight is 1140 g/mol. The first kappa shape index (κ1) is 54.3. The van der Waals surface area contributed by atoms with Gasteiger partial charge < -0.3 is 28.7 Å². The summed E-state index contributed by atoms with van der Waals surface area (Å²) in [6, 6.07) is 42.4. The van der Waals surface area contributed by atoms with Crippen LogP contribution >= 0.6 is 0 Å². The molecule has 6 amide bonds. The van der Waals surface area contributed by atoms with E-state index in [0.29, 0.717) is 66.7 Å². The number of aryl methyl sites for hydroxylation is 4. The zero-order chi connectivity index (χ0) is 59.7. The van der Waals surface area contributed by atoms with Gasteiger partial charge >= 0.3 is 0 Å². The van der Waals surface area contributed by atoms with Crippen LogP contribution in [0.1, 0.15) is 77.5 Å². The number of rotatable bonds is 16. The largest absolute Gasteiger partial charge is 0.457 e. The number of carbonyl (C=O) groups is 6. The van der Waals surface area contributed by atoms with Crippen LogP contribution in [-0.2, 0) is 9.59 Å². The van der Waals surface area contributed by atoms with E-state index < -0.39 is 48.5 Å². The van der Waals surface area contributed by atoms with E-state index in [1.54, 1.807) is 136 Å². The van der Waals surface area contributed by atoms with Crippen molar-refractivity contribution in [3.63, 3.8) is 0 Å². The Kier molecular flexibility index (Phi) is 13.7. The molecule has 16 heteroatoms. The SMILES string of the molecule is CCN(C(=O)CN1C(=O)c2cc(Oc3ccc(C)cc3)c3c4c(Oc5ccc(C)cc5)cc5c6c(cc(Oc7ccc(C)cc7)c(c7c(Oc8ccc(C)cc8)cc(c2c37)C1=O)c64)C(=O)N(CC(=O)N(CC)c1ccncc1)C5=O)c1ccncc1. The van der Waals surface area contributed by atoms with Crippen molar-refractivity contribution in [3.8, 4) is 46.0 Å². The molecule has 9 aromatic carbocycles. The van der Waals surface area contributed by atoms with Crippen molar-refractivity contribution in [2.45, 2.75) is 41.5 Å². The van der Waals surface area contributed by atoms with Crippen LogP contribution in [0.2, 0.25) is 0 Å². The summed E-state index contributed by atoms with van der Waals surface area (Å²) in [6.45, 7) is 10.6. The molecule has 86 heavy (non-hydrogen) atoms. The van der Waals surface area contributed by atoms with Crippen molar-refractivity contribution in [1.82, 2.24) is 19.8 Å². The maximum Gasteiger partial charge on any atom is 0.262 e. The summed E-state index contributed by atoms with van der Waals surface area (Å²) in [4.78, 5) is 105. The average Bonchev–Trinajstić information content (AvgIpc) is 0.682. The summed E-state index contributed by atoms with van der Waals surface area (Å²) >= 11 is 0. The lowest BCUT2D eigenvalue weighted by molar-refractivity contribution is -0.119. The number of hydrogen-bond donors (Lipinski definition) is 0. The van der Waals surface area contributed by atoms with E-state index in [-0.39, 0.29) is 69.1 Å². The van der Waals surface area contributed by atoms with E-state index in [0.717, 1.165) is 32.1 Å². The summed E-state index contributed by atoms with van der Waals surface area (Å²) in [5.41, 5.74) is 5.03. The Hall–Kier alpha value is -11.0. The van der Waals surface area contributed by atoms with Crippen LogP contribution in [0, 0.1) is 27.7 Å². The van der Waals surface area contributed by atoms with E-state index in [1.165, 1.54) is 9.80 Å². The lowest BCUT2D eigenvalue weighted by Crippen LogP contribution is -2.47. The van der Waals surface area contributed by atoms with Crippen LogP contribution in [0.15, 0.2) is 170 Å². The molecule has 13 rings (SSSR count). The predicted molar refractivity (Wildman–Crippen MR) is 328 cm³/mol. The highest BCUT2D eigenvalue weighted by molar-refractivity contribution is 6.45. The van der Waals surface area contributed by atoms with E-state index in [2.05, 4.69) is 9.97 Å². The van der Waals surface area contributed by atoms with Gasteiger partial charge in [0, 0.05) is 92.3 Å². The van der Waals surface area contributed by atoms with Gasteiger partial charge in [0.1, 0.15) is 59.1 Å². The summed E-state index contributed by atoms with van der Waals surface area (Å²) < 4.78 is 28.2. The van der Waals surface area contributed by atoms with Gasteiger partial charge in [-0.1, -0.05) is 70.8 Å². The Morgan fingerprint density at radius 1 is 0.360 bits per heavy atom. The second-order valence-electron chi connectivity index (χ2n) is 21.4. The molecule has 2 aliphatic heterocycles. The number of anilines is 2. The number of carbonyl (C=O) groups excluding carboxylic acids is 6. The molecule has 424 valence electrons. The number of fused-ring (bicyclic) bond motifs is 2. The molecular formula is C70H54N6O10. The molecule has 0 aliphatic carbocycles. The lowest BCUT2D eigenvalue weighted by Gasteiger charge is -2.33. The number of amides is 6. The number of nitrogens with zero attached hydrogens (tertiary/aromatic N) is 6. The molecule has 0 saturated heterocycles. The molecular weight excluding hydrogens is 1080 g/mol. The highest BCUT2D eigenvalue weighted by Gasteiger charge is 2.43. The molecule has 0 unspecified atom stereocenters. The fraction of sp³-hybridized carbons (Fsp3) is 0.143. The van der Waals surface area contributed by atoms with E-state index in [4.69, 9.17) is 18.9 Å². The van der Waals surface area contributed by atoms with Gasteiger partial charge in [0.15, 0.2) is 0 Å². The topological polar surface area (TPSA) is 178 Å². The first-order chi connectivity index (χ1) is 41.7. The van der Waals surface area contributed by atoms with Crippen LogP contribution < -0.4 is 28.7 Å². The summed E-state index contributed by atoms with van der Waals surface area (Å²) in [7, 11) is 0. The minimum Gasteiger partial charge on any atom is -0.457 e. The van der Waals surface area contributed by atoms with Crippen LogP contribution in [0.4, 0.5) is 11.4 Å². The van der Waals surface area contributed by atoms with Gasteiger partial charge in [-0.25, -0.2) is 0 Å². The molecule has 2 aromatic heterocycles. The lowest BCUT2D eigenvalue weighted by atomic mass is 9.80. The number of imide groups is 2. The summed E-state index contributed by atoms with van der Waals surface area (Å²) in [5, 5.41) is 2.36. The number of pyridine rings is 2. The van der Waals surface area contributed by atoms with Gasteiger partial charge in [0.2, 0.25) is 11.8 Å². The Bertz CT molecular complexity index is 4080. The highest BCUT2D eigenvalue weighted by atomic mass is 16.5. The third-order valence-corrected chi connectivity index (χ3v) is 15.8.